The maximum absolute atomic E-state index is 12.1. The standard InChI is InChI=1S/C16H22N4O3/c21-12-4-8-20(9-5-12)7-2-6-17-16(22)14-11-13(18-19-14)15-3-1-10-23-15/h1,3,10-12,21H,2,4-9H2,(H,17,22)(H,18,19). The van der Waals surface area contributed by atoms with Crippen LogP contribution in [-0.4, -0.2) is 58.4 Å². The van der Waals surface area contributed by atoms with Crippen LogP contribution in [0.1, 0.15) is 29.8 Å². The van der Waals surface area contributed by atoms with Crippen LogP contribution < -0.4 is 5.32 Å². The fourth-order valence-electron chi connectivity index (χ4n) is 2.73. The Bertz CT molecular complexity index is 615. The molecule has 3 heterocycles. The van der Waals surface area contributed by atoms with Crippen molar-refractivity contribution in [3.8, 4) is 11.5 Å². The van der Waals surface area contributed by atoms with Gasteiger partial charge >= 0.3 is 0 Å². The Labute approximate surface area is 134 Å². The van der Waals surface area contributed by atoms with E-state index in [1.54, 1.807) is 18.4 Å². The molecular formula is C16H22N4O3. The lowest BCUT2D eigenvalue weighted by atomic mass is 10.1. The molecule has 1 saturated heterocycles. The van der Waals surface area contributed by atoms with E-state index in [2.05, 4.69) is 20.4 Å². The smallest absolute Gasteiger partial charge is 0.271 e. The van der Waals surface area contributed by atoms with E-state index in [9.17, 15) is 9.90 Å². The summed E-state index contributed by atoms with van der Waals surface area (Å²) in [6.07, 6.45) is 4.01. The SMILES string of the molecule is O=C(NCCCN1CCC(O)CC1)c1cc(-c2ccco2)[nH]n1. The summed E-state index contributed by atoms with van der Waals surface area (Å²) in [7, 11) is 0. The van der Waals surface area contributed by atoms with Crippen LogP contribution in [0.2, 0.25) is 0 Å². The third kappa shape index (κ3) is 4.20. The number of rotatable bonds is 6. The molecule has 0 spiro atoms. The van der Waals surface area contributed by atoms with Gasteiger partial charge in [0.25, 0.3) is 5.91 Å². The topological polar surface area (TPSA) is 94.4 Å². The van der Waals surface area contributed by atoms with Crippen molar-refractivity contribution >= 4 is 5.91 Å². The summed E-state index contributed by atoms with van der Waals surface area (Å²) < 4.78 is 5.26. The largest absolute Gasteiger partial charge is 0.463 e. The van der Waals surface area contributed by atoms with Crippen molar-refractivity contribution in [3.63, 3.8) is 0 Å². The molecule has 3 rings (SSSR count). The van der Waals surface area contributed by atoms with Gasteiger partial charge in [-0.05, 0) is 37.9 Å². The number of H-pyrrole nitrogens is 1. The Morgan fingerprint density at radius 3 is 3.04 bits per heavy atom. The van der Waals surface area contributed by atoms with Gasteiger partial charge in [0.15, 0.2) is 11.5 Å². The first kappa shape index (κ1) is 15.8. The van der Waals surface area contributed by atoms with Crippen molar-refractivity contribution in [2.24, 2.45) is 0 Å². The first-order valence-corrected chi connectivity index (χ1v) is 8.00. The van der Waals surface area contributed by atoms with E-state index < -0.39 is 0 Å². The van der Waals surface area contributed by atoms with Crippen LogP contribution in [0, 0.1) is 0 Å². The predicted octanol–water partition coefficient (Wildman–Crippen LogP) is 1.25. The van der Waals surface area contributed by atoms with E-state index in [0.717, 1.165) is 38.9 Å². The normalized spacial score (nSPS) is 16.6. The summed E-state index contributed by atoms with van der Waals surface area (Å²) in [4.78, 5) is 14.4. The number of piperidine rings is 1. The Kier molecular flexibility index (Phi) is 5.09. The number of likely N-dealkylation sites (tertiary alicyclic amines) is 1. The number of aliphatic hydroxyl groups excluding tert-OH is 1. The lowest BCUT2D eigenvalue weighted by Gasteiger charge is -2.29. The van der Waals surface area contributed by atoms with Gasteiger partial charge in [-0.25, -0.2) is 0 Å². The zero-order valence-electron chi connectivity index (χ0n) is 13.0. The Balaban J connectivity index is 1.40. The molecule has 0 radical (unpaired) electrons. The number of aliphatic hydroxyl groups is 1. The van der Waals surface area contributed by atoms with E-state index in [4.69, 9.17) is 4.42 Å². The monoisotopic (exact) mass is 318 g/mol. The summed E-state index contributed by atoms with van der Waals surface area (Å²) in [6.45, 7) is 3.41. The van der Waals surface area contributed by atoms with E-state index in [0.29, 0.717) is 23.7 Å². The number of amides is 1. The van der Waals surface area contributed by atoms with E-state index in [1.165, 1.54) is 0 Å². The Hall–Kier alpha value is -2.12. The van der Waals surface area contributed by atoms with Gasteiger partial charge in [-0.3, -0.25) is 9.89 Å². The molecule has 3 N–H and O–H groups in total. The average molecular weight is 318 g/mol. The lowest BCUT2D eigenvalue weighted by molar-refractivity contribution is 0.0816. The number of nitrogens with zero attached hydrogens (tertiary/aromatic N) is 2. The average Bonchev–Trinajstić information content (AvgIpc) is 3.23. The highest BCUT2D eigenvalue weighted by Crippen LogP contribution is 2.17. The quantitative estimate of drug-likeness (QED) is 0.697. The molecule has 0 atom stereocenters. The molecule has 7 nitrogen and oxygen atoms in total. The number of hydrogen-bond acceptors (Lipinski definition) is 5. The molecule has 1 aliphatic heterocycles. The zero-order valence-corrected chi connectivity index (χ0v) is 13.0. The number of nitrogens with one attached hydrogen (secondary N) is 2. The van der Waals surface area contributed by atoms with Crippen LogP contribution in [0.25, 0.3) is 11.5 Å². The first-order chi connectivity index (χ1) is 11.2. The summed E-state index contributed by atoms with van der Waals surface area (Å²) in [5, 5.41) is 19.2. The third-order valence-corrected chi connectivity index (χ3v) is 4.09. The molecule has 1 amide bonds. The lowest BCUT2D eigenvalue weighted by Crippen LogP contribution is -2.37. The molecule has 2 aromatic heterocycles. The molecule has 2 aromatic rings. The van der Waals surface area contributed by atoms with Crippen LogP contribution in [0.5, 0.6) is 0 Å². The van der Waals surface area contributed by atoms with Gasteiger partial charge < -0.3 is 19.7 Å². The number of aromatic nitrogens is 2. The van der Waals surface area contributed by atoms with Gasteiger partial charge in [0.05, 0.1) is 12.4 Å². The van der Waals surface area contributed by atoms with Crippen LogP contribution >= 0.6 is 0 Å². The van der Waals surface area contributed by atoms with Crippen molar-refractivity contribution in [1.82, 2.24) is 20.4 Å². The summed E-state index contributed by atoms with van der Waals surface area (Å²) >= 11 is 0. The highest BCUT2D eigenvalue weighted by Gasteiger charge is 2.16. The summed E-state index contributed by atoms with van der Waals surface area (Å²) in [6, 6.07) is 5.28. The molecule has 0 bridgehead atoms. The van der Waals surface area contributed by atoms with Gasteiger partial charge in [0.2, 0.25) is 0 Å². The maximum atomic E-state index is 12.1. The minimum Gasteiger partial charge on any atom is -0.463 e. The molecule has 1 aliphatic rings. The van der Waals surface area contributed by atoms with Gasteiger partial charge in [-0.2, -0.15) is 5.10 Å². The molecule has 1 fully saturated rings. The van der Waals surface area contributed by atoms with Gasteiger partial charge in [-0.15, -0.1) is 0 Å². The first-order valence-electron chi connectivity index (χ1n) is 8.00. The van der Waals surface area contributed by atoms with Crippen molar-refractivity contribution < 1.29 is 14.3 Å². The Morgan fingerprint density at radius 1 is 1.48 bits per heavy atom. The summed E-state index contributed by atoms with van der Waals surface area (Å²) in [5.41, 5.74) is 1.05. The molecule has 0 aromatic carbocycles. The van der Waals surface area contributed by atoms with Crippen molar-refractivity contribution in [1.29, 1.82) is 0 Å². The predicted molar refractivity (Wildman–Crippen MR) is 84.9 cm³/mol. The molecule has 0 saturated carbocycles. The number of carbonyl (C=O) groups excluding carboxylic acids is 1. The highest BCUT2D eigenvalue weighted by molar-refractivity contribution is 5.93. The van der Waals surface area contributed by atoms with E-state index >= 15 is 0 Å². The molecular weight excluding hydrogens is 296 g/mol. The minimum absolute atomic E-state index is 0.144. The number of carbonyl (C=O) groups is 1. The third-order valence-electron chi connectivity index (χ3n) is 4.09. The molecule has 0 aliphatic carbocycles. The van der Waals surface area contributed by atoms with Crippen LogP contribution in [0.15, 0.2) is 28.9 Å². The van der Waals surface area contributed by atoms with Crippen LogP contribution in [0.3, 0.4) is 0 Å². The van der Waals surface area contributed by atoms with Gasteiger partial charge in [0, 0.05) is 25.7 Å². The second kappa shape index (κ2) is 7.43. The maximum Gasteiger partial charge on any atom is 0.271 e. The molecule has 23 heavy (non-hydrogen) atoms. The fraction of sp³-hybridized carbons (Fsp3) is 0.500. The zero-order chi connectivity index (χ0) is 16.1. The van der Waals surface area contributed by atoms with Crippen molar-refractivity contribution in [2.75, 3.05) is 26.2 Å². The van der Waals surface area contributed by atoms with Gasteiger partial charge in [0.1, 0.15) is 5.69 Å². The van der Waals surface area contributed by atoms with Crippen molar-refractivity contribution in [3.05, 3.63) is 30.2 Å². The number of hydrogen-bond donors (Lipinski definition) is 3. The highest BCUT2D eigenvalue weighted by atomic mass is 16.3. The van der Waals surface area contributed by atoms with Crippen molar-refractivity contribution in [2.45, 2.75) is 25.4 Å². The number of aromatic amines is 1. The van der Waals surface area contributed by atoms with E-state index in [-0.39, 0.29) is 12.0 Å². The second-order valence-electron chi connectivity index (χ2n) is 5.83. The molecule has 0 unspecified atom stereocenters. The minimum atomic E-state index is -0.187. The summed E-state index contributed by atoms with van der Waals surface area (Å²) in [5.74, 6) is 0.469. The molecule has 124 valence electrons. The van der Waals surface area contributed by atoms with Gasteiger partial charge in [-0.1, -0.05) is 0 Å². The molecule has 7 heteroatoms. The number of furan rings is 1. The van der Waals surface area contributed by atoms with Crippen LogP contribution in [-0.2, 0) is 0 Å². The second-order valence-corrected chi connectivity index (χ2v) is 5.83. The van der Waals surface area contributed by atoms with E-state index in [1.807, 2.05) is 6.07 Å². The van der Waals surface area contributed by atoms with Crippen LogP contribution in [0.4, 0.5) is 0 Å². The fourth-order valence-corrected chi connectivity index (χ4v) is 2.73. The Morgan fingerprint density at radius 2 is 2.30 bits per heavy atom.